The summed E-state index contributed by atoms with van der Waals surface area (Å²) in [4.78, 5) is 42.8. The van der Waals surface area contributed by atoms with Gasteiger partial charge in [0.15, 0.2) is 0 Å². The summed E-state index contributed by atoms with van der Waals surface area (Å²) in [6.07, 6.45) is 4.83. The highest BCUT2D eigenvalue weighted by Crippen LogP contribution is 2.41. The van der Waals surface area contributed by atoms with E-state index in [0.717, 1.165) is 34.9 Å². The van der Waals surface area contributed by atoms with Crippen molar-refractivity contribution in [3.8, 4) is 0 Å². The van der Waals surface area contributed by atoms with Crippen LogP contribution < -0.4 is 10.6 Å². The molecule has 3 aromatic carbocycles. The molecular formula is C31H28ClN3O4. The molecule has 0 bridgehead atoms. The molecule has 3 N–H and O–H groups in total. The number of aromatic nitrogens is 1. The first kappa shape index (κ1) is 26.4. The molecule has 7 nitrogen and oxygen atoms in total. The van der Waals surface area contributed by atoms with E-state index in [4.69, 9.17) is 11.6 Å². The number of hydrogen-bond donors (Lipinski definition) is 3. The van der Waals surface area contributed by atoms with Crippen molar-refractivity contribution in [3.63, 3.8) is 0 Å². The molecule has 1 aliphatic rings. The Kier molecular flexibility index (Phi) is 7.61. The highest BCUT2D eigenvalue weighted by atomic mass is 35.5. The summed E-state index contributed by atoms with van der Waals surface area (Å²) in [5.74, 6) is -1.64. The first-order valence-corrected chi connectivity index (χ1v) is 13.3. The first-order chi connectivity index (χ1) is 18.9. The van der Waals surface area contributed by atoms with Crippen LogP contribution in [0.5, 0.6) is 0 Å². The zero-order valence-electron chi connectivity index (χ0n) is 21.2. The minimum atomic E-state index is -1.10. The van der Waals surface area contributed by atoms with Gasteiger partial charge in [-0.15, -0.1) is 0 Å². The average Bonchev–Trinajstić information content (AvgIpc) is 3.45. The van der Waals surface area contributed by atoms with Crippen LogP contribution in [0.15, 0.2) is 85.1 Å². The molecule has 0 radical (unpaired) electrons. The lowest BCUT2D eigenvalue weighted by molar-refractivity contribution is -0.142. The standard InChI is InChI=1S/C31H28ClN3O4/c32-22-11-9-21(10-12-22)31(16-3-4-17-31)30(39)35-27(29(37)38)19-20-7-13-23(14-8-20)34-28(36)25-15-18-33-26-6-2-1-5-24(25)26/h1-2,5-15,18,27H,3-4,16-17,19H2,(H,34,36)(H,35,39)(H,37,38)/t27-/m0/s1. The number of nitrogens with one attached hydrogen (secondary N) is 2. The van der Waals surface area contributed by atoms with Crippen molar-refractivity contribution in [2.75, 3.05) is 5.32 Å². The van der Waals surface area contributed by atoms with E-state index in [2.05, 4.69) is 15.6 Å². The normalized spacial score (nSPS) is 15.0. The number of nitrogens with zero attached hydrogens (tertiary/aromatic N) is 1. The highest BCUT2D eigenvalue weighted by molar-refractivity contribution is 6.30. The molecule has 1 heterocycles. The fraction of sp³-hybridized carbons (Fsp3) is 0.226. The van der Waals surface area contributed by atoms with Crippen molar-refractivity contribution in [2.24, 2.45) is 0 Å². The van der Waals surface area contributed by atoms with Crippen LogP contribution in [0.2, 0.25) is 5.02 Å². The topological polar surface area (TPSA) is 108 Å². The van der Waals surface area contributed by atoms with Crippen LogP contribution in [0, 0.1) is 0 Å². The van der Waals surface area contributed by atoms with Crippen LogP contribution in [0.25, 0.3) is 10.9 Å². The number of aliphatic carboxylic acids is 1. The fourth-order valence-electron chi connectivity index (χ4n) is 5.34. The molecule has 0 unspecified atom stereocenters. The molecule has 1 atom stereocenters. The molecule has 2 amide bonds. The smallest absolute Gasteiger partial charge is 0.326 e. The molecule has 1 saturated carbocycles. The van der Waals surface area contributed by atoms with Gasteiger partial charge in [-0.05, 0) is 60.4 Å². The lowest BCUT2D eigenvalue weighted by Crippen LogP contribution is -2.50. The van der Waals surface area contributed by atoms with Crippen molar-refractivity contribution < 1.29 is 19.5 Å². The van der Waals surface area contributed by atoms with Crippen molar-refractivity contribution in [1.29, 1.82) is 0 Å². The Morgan fingerprint density at radius 2 is 1.62 bits per heavy atom. The third-order valence-electron chi connectivity index (χ3n) is 7.44. The van der Waals surface area contributed by atoms with Gasteiger partial charge in [-0.3, -0.25) is 14.6 Å². The summed E-state index contributed by atoms with van der Waals surface area (Å²) in [5.41, 5.74) is 2.64. The van der Waals surface area contributed by atoms with Crippen molar-refractivity contribution in [1.82, 2.24) is 10.3 Å². The molecule has 4 aromatic rings. The van der Waals surface area contributed by atoms with Gasteiger partial charge < -0.3 is 15.7 Å². The molecule has 0 spiro atoms. The van der Waals surface area contributed by atoms with Gasteiger partial charge >= 0.3 is 5.97 Å². The monoisotopic (exact) mass is 541 g/mol. The number of carbonyl (C=O) groups excluding carboxylic acids is 2. The average molecular weight is 542 g/mol. The van der Waals surface area contributed by atoms with Gasteiger partial charge in [0, 0.05) is 28.7 Å². The number of anilines is 1. The van der Waals surface area contributed by atoms with Gasteiger partial charge in [0.25, 0.3) is 5.91 Å². The minimum Gasteiger partial charge on any atom is -0.480 e. The van der Waals surface area contributed by atoms with Gasteiger partial charge in [0.05, 0.1) is 16.5 Å². The molecule has 198 valence electrons. The van der Waals surface area contributed by atoms with Gasteiger partial charge in [-0.2, -0.15) is 0 Å². The Hall–Kier alpha value is -4.23. The second-order valence-electron chi connectivity index (χ2n) is 9.89. The van der Waals surface area contributed by atoms with E-state index in [1.54, 1.807) is 48.7 Å². The van der Waals surface area contributed by atoms with E-state index in [-0.39, 0.29) is 18.2 Å². The van der Waals surface area contributed by atoms with E-state index in [1.807, 2.05) is 36.4 Å². The van der Waals surface area contributed by atoms with Crippen molar-refractivity contribution >= 4 is 46.0 Å². The Morgan fingerprint density at radius 1 is 0.923 bits per heavy atom. The SMILES string of the molecule is O=C(Nc1ccc(C[C@H](NC(=O)C2(c3ccc(Cl)cc3)CCCC2)C(=O)O)cc1)c1ccnc2ccccc12. The number of para-hydroxylation sites is 1. The number of rotatable bonds is 8. The van der Waals surface area contributed by atoms with Crippen LogP contribution >= 0.6 is 11.6 Å². The Balaban J connectivity index is 1.27. The molecule has 0 aliphatic heterocycles. The van der Waals surface area contributed by atoms with Crippen LogP contribution in [0.3, 0.4) is 0 Å². The van der Waals surface area contributed by atoms with E-state index in [1.165, 1.54) is 0 Å². The third-order valence-corrected chi connectivity index (χ3v) is 7.69. The number of benzene rings is 3. The quantitative estimate of drug-likeness (QED) is 0.263. The van der Waals surface area contributed by atoms with Crippen molar-refractivity contribution in [2.45, 2.75) is 43.6 Å². The fourth-order valence-corrected chi connectivity index (χ4v) is 5.47. The zero-order valence-corrected chi connectivity index (χ0v) is 21.9. The van der Waals surface area contributed by atoms with Gasteiger partial charge in [-0.25, -0.2) is 4.79 Å². The number of halogens is 1. The van der Waals surface area contributed by atoms with Crippen molar-refractivity contribution in [3.05, 3.63) is 107 Å². The second-order valence-corrected chi connectivity index (χ2v) is 10.3. The van der Waals surface area contributed by atoms with Crippen LogP contribution in [-0.4, -0.2) is 33.9 Å². The molecule has 1 fully saturated rings. The molecule has 39 heavy (non-hydrogen) atoms. The molecule has 0 saturated heterocycles. The number of hydrogen-bond acceptors (Lipinski definition) is 4. The number of amides is 2. The Bertz CT molecular complexity index is 1510. The maximum absolute atomic E-state index is 13.5. The number of carboxylic acid groups (broad SMARTS) is 1. The van der Waals surface area contributed by atoms with E-state index in [0.29, 0.717) is 29.1 Å². The maximum atomic E-state index is 13.5. The molecule has 1 aliphatic carbocycles. The largest absolute Gasteiger partial charge is 0.480 e. The predicted octanol–water partition coefficient (Wildman–Crippen LogP) is 5.76. The summed E-state index contributed by atoms with van der Waals surface area (Å²) < 4.78 is 0. The van der Waals surface area contributed by atoms with E-state index >= 15 is 0 Å². The molecule has 8 heteroatoms. The van der Waals surface area contributed by atoms with E-state index in [9.17, 15) is 19.5 Å². The van der Waals surface area contributed by atoms with Gasteiger partial charge in [0.1, 0.15) is 6.04 Å². The predicted molar refractivity (Wildman–Crippen MR) is 151 cm³/mol. The number of carboxylic acids is 1. The van der Waals surface area contributed by atoms with Gasteiger partial charge in [-0.1, -0.05) is 66.9 Å². The van der Waals surface area contributed by atoms with Crippen LogP contribution in [0.1, 0.15) is 47.2 Å². The number of fused-ring (bicyclic) bond motifs is 1. The summed E-state index contributed by atoms with van der Waals surface area (Å²) in [6.45, 7) is 0. The number of pyridine rings is 1. The number of carbonyl (C=O) groups is 3. The summed E-state index contributed by atoms with van der Waals surface area (Å²) >= 11 is 6.05. The van der Waals surface area contributed by atoms with Gasteiger partial charge in [0.2, 0.25) is 5.91 Å². The Labute approximate surface area is 231 Å². The summed E-state index contributed by atoms with van der Waals surface area (Å²) in [7, 11) is 0. The highest BCUT2D eigenvalue weighted by Gasteiger charge is 2.43. The lowest BCUT2D eigenvalue weighted by atomic mass is 9.77. The van der Waals surface area contributed by atoms with E-state index < -0.39 is 17.4 Å². The molecular weight excluding hydrogens is 514 g/mol. The third kappa shape index (κ3) is 5.64. The van der Waals surface area contributed by atoms with Crippen LogP contribution in [0.4, 0.5) is 5.69 Å². The van der Waals surface area contributed by atoms with Crippen LogP contribution in [-0.2, 0) is 21.4 Å². The maximum Gasteiger partial charge on any atom is 0.326 e. The lowest BCUT2D eigenvalue weighted by Gasteiger charge is -2.30. The summed E-state index contributed by atoms with van der Waals surface area (Å²) in [6, 6.07) is 22.2. The summed E-state index contributed by atoms with van der Waals surface area (Å²) in [5, 5.41) is 16.9. The Morgan fingerprint density at radius 3 is 2.31 bits per heavy atom. The minimum absolute atomic E-state index is 0.112. The zero-order chi connectivity index (χ0) is 27.4. The second kappa shape index (κ2) is 11.3. The first-order valence-electron chi connectivity index (χ1n) is 12.9. The molecule has 5 rings (SSSR count). The molecule has 1 aromatic heterocycles.